The van der Waals surface area contributed by atoms with E-state index in [1.54, 1.807) is 38.7 Å². The highest BCUT2D eigenvalue weighted by Gasteiger charge is 2.32. The second-order valence-electron chi connectivity index (χ2n) is 8.19. The number of methoxy groups -OCH3 is 2. The maximum atomic E-state index is 13.2. The Morgan fingerprint density at radius 3 is 2.48 bits per heavy atom. The third-order valence-corrected chi connectivity index (χ3v) is 5.82. The van der Waals surface area contributed by atoms with Crippen molar-refractivity contribution in [3.05, 3.63) is 82.8 Å². The molecular formula is C27H29NO5. The third kappa shape index (κ3) is 5.06. The second kappa shape index (κ2) is 9.86. The summed E-state index contributed by atoms with van der Waals surface area (Å²) in [5.41, 5.74) is 4.40. The molecule has 0 N–H and O–H groups in total. The number of aryl methyl sites for hydroxylation is 2. The van der Waals surface area contributed by atoms with Crippen LogP contribution in [0, 0.1) is 13.8 Å². The van der Waals surface area contributed by atoms with Gasteiger partial charge < -0.3 is 23.5 Å². The van der Waals surface area contributed by atoms with Gasteiger partial charge in [-0.3, -0.25) is 4.79 Å². The highest BCUT2D eigenvalue weighted by atomic mass is 16.5. The average molecular weight is 448 g/mol. The predicted octanol–water partition coefficient (Wildman–Crippen LogP) is 5.13. The Hall–Kier alpha value is -3.67. The van der Waals surface area contributed by atoms with E-state index in [1.807, 2.05) is 49.1 Å². The summed E-state index contributed by atoms with van der Waals surface area (Å²) in [6.07, 6.45) is 5.54. The van der Waals surface area contributed by atoms with Gasteiger partial charge in [0.15, 0.2) is 11.5 Å². The number of nitrogens with zero attached hydrogens (tertiary/aromatic N) is 1. The molecule has 1 aliphatic heterocycles. The van der Waals surface area contributed by atoms with Gasteiger partial charge in [0.2, 0.25) is 5.91 Å². The van der Waals surface area contributed by atoms with Crippen LogP contribution in [0.2, 0.25) is 0 Å². The summed E-state index contributed by atoms with van der Waals surface area (Å²) in [6, 6.07) is 13.4. The topological polar surface area (TPSA) is 61.1 Å². The van der Waals surface area contributed by atoms with E-state index in [0.717, 1.165) is 34.4 Å². The summed E-state index contributed by atoms with van der Waals surface area (Å²) in [6.45, 7) is 4.99. The maximum Gasteiger partial charge on any atom is 0.247 e. The van der Waals surface area contributed by atoms with Crippen molar-refractivity contribution in [1.82, 2.24) is 4.90 Å². The van der Waals surface area contributed by atoms with Crippen molar-refractivity contribution in [2.75, 3.05) is 27.4 Å². The first-order valence-corrected chi connectivity index (χ1v) is 11.0. The molecule has 33 heavy (non-hydrogen) atoms. The fraction of sp³-hybridized carbons (Fsp3) is 0.296. The van der Waals surface area contributed by atoms with Crippen LogP contribution in [0.15, 0.2) is 59.2 Å². The zero-order valence-corrected chi connectivity index (χ0v) is 19.5. The smallest absolute Gasteiger partial charge is 0.247 e. The van der Waals surface area contributed by atoms with Gasteiger partial charge >= 0.3 is 0 Å². The van der Waals surface area contributed by atoms with Gasteiger partial charge in [-0.1, -0.05) is 6.07 Å². The average Bonchev–Trinajstić information content (AvgIpc) is 3.33. The lowest BCUT2D eigenvalue weighted by molar-refractivity contribution is -0.129. The molecule has 0 bridgehead atoms. The monoisotopic (exact) mass is 447 g/mol. The lowest BCUT2D eigenvalue weighted by Gasteiger charge is -2.37. The minimum Gasteiger partial charge on any atom is -0.493 e. The summed E-state index contributed by atoms with van der Waals surface area (Å²) in [7, 11) is 3.24. The molecule has 0 fully saturated rings. The van der Waals surface area contributed by atoms with Gasteiger partial charge in [0.05, 0.1) is 26.5 Å². The number of carbonyl (C=O) groups excluding carboxylic acids is 1. The number of fused-ring (bicyclic) bond motifs is 1. The second-order valence-corrected chi connectivity index (χ2v) is 8.19. The van der Waals surface area contributed by atoms with Gasteiger partial charge in [0, 0.05) is 12.6 Å². The van der Waals surface area contributed by atoms with Crippen LogP contribution in [-0.4, -0.2) is 38.2 Å². The van der Waals surface area contributed by atoms with E-state index in [9.17, 15) is 4.79 Å². The molecular weight excluding hydrogens is 418 g/mol. The fourth-order valence-corrected chi connectivity index (χ4v) is 4.30. The van der Waals surface area contributed by atoms with E-state index in [4.69, 9.17) is 18.6 Å². The molecule has 6 nitrogen and oxygen atoms in total. The molecule has 0 saturated heterocycles. The van der Waals surface area contributed by atoms with E-state index in [-0.39, 0.29) is 11.9 Å². The Labute approximate surface area is 194 Å². The van der Waals surface area contributed by atoms with Gasteiger partial charge in [-0.2, -0.15) is 0 Å². The Morgan fingerprint density at radius 1 is 1.09 bits per heavy atom. The minimum absolute atomic E-state index is 0.0964. The summed E-state index contributed by atoms with van der Waals surface area (Å²) in [4.78, 5) is 15.0. The molecule has 0 radical (unpaired) electrons. The van der Waals surface area contributed by atoms with Gasteiger partial charge in [0.25, 0.3) is 0 Å². The van der Waals surface area contributed by atoms with Crippen molar-refractivity contribution in [3.63, 3.8) is 0 Å². The van der Waals surface area contributed by atoms with Crippen LogP contribution in [0.3, 0.4) is 0 Å². The van der Waals surface area contributed by atoms with Crippen molar-refractivity contribution < 1.29 is 23.4 Å². The van der Waals surface area contributed by atoms with Crippen LogP contribution in [0.4, 0.5) is 0 Å². The van der Waals surface area contributed by atoms with Crippen LogP contribution in [0.5, 0.6) is 17.2 Å². The fourth-order valence-electron chi connectivity index (χ4n) is 4.30. The summed E-state index contributed by atoms with van der Waals surface area (Å²) in [5, 5.41) is 0. The summed E-state index contributed by atoms with van der Waals surface area (Å²) in [5.74, 6) is 2.64. The molecule has 0 saturated carbocycles. The Kier molecular flexibility index (Phi) is 6.73. The van der Waals surface area contributed by atoms with E-state index >= 15 is 0 Å². The van der Waals surface area contributed by atoms with Crippen LogP contribution >= 0.6 is 0 Å². The Balaban J connectivity index is 1.66. The van der Waals surface area contributed by atoms with Gasteiger partial charge in [-0.05, 0) is 85.0 Å². The molecule has 6 heteroatoms. The molecule has 1 amide bonds. The van der Waals surface area contributed by atoms with Crippen LogP contribution in [-0.2, 0) is 11.2 Å². The highest BCUT2D eigenvalue weighted by Crippen LogP contribution is 2.38. The zero-order valence-electron chi connectivity index (χ0n) is 19.5. The number of hydrogen-bond acceptors (Lipinski definition) is 5. The number of rotatable bonds is 7. The van der Waals surface area contributed by atoms with Gasteiger partial charge in [-0.25, -0.2) is 0 Å². The van der Waals surface area contributed by atoms with Crippen LogP contribution < -0.4 is 14.2 Å². The number of carbonyl (C=O) groups is 1. The molecule has 2 heterocycles. The van der Waals surface area contributed by atoms with Gasteiger partial charge in [0.1, 0.15) is 18.1 Å². The number of furan rings is 1. The quantitative estimate of drug-likeness (QED) is 0.470. The molecule has 4 rings (SSSR count). The predicted molar refractivity (Wildman–Crippen MR) is 127 cm³/mol. The molecule has 0 aliphatic carbocycles. The molecule has 1 unspecified atom stereocenters. The normalized spacial score (nSPS) is 15.4. The Bertz CT molecular complexity index is 1130. The largest absolute Gasteiger partial charge is 0.493 e. The van der Waals surface area contributed by atoms with E-state index in [2.05, 4.69) is 6.07 Å². The lowest BCUT2D eigenvalue weighted by Crippen LogP contribution is -2.41. The minimum atomic E-state index is -0.275. The molecule has 172 valence electrons. The van der Waals surface area contributed by atoms with Gasteiger partial charge in [-0.15, -0.1) is 0 Å². The SMILES string of the molecule is COc1cc2c(cc1OC)C(COc1cc(C)cc(C)c1)N(C(=O)C=Cc1ccco1)CC2. The molecule has 1 aliphatic rings. The molecule has 0 spiro atoms. The molecule has 1 atom stereocenters. The van der Waals surface area contributed by atoms with E-state index < -0.39 is 0 Å². The van der Waals surface area contributed by atoms with Crippen molar-refractivity contribution in [1.29, 1.82) is 0 Å². The third-order valence-electron chi connectivity index (χ3n) is 5.82. The molecule has 3 aromatic rings. The summed E-state index contributed by atoms with van der Waals surface area (Å²) >= 11 is 0. The number of ether oxygens (including phenoxy) is 3. The number of hydrogen-bond donors (Lipinski definition) is 0. The number of benzene rings is 2. The van der Waals surface area contributed by atoms with Crippen LogP contribution in [0.1, 0.15) is 34.1 Å². The Morgan fingerprint density at radius 2 is 1.82 bits per heavy atom. The van der Waals surface area contributed by atoms with E-state index in [1.165, 1.54) is 0 Å². The lowest BCUT2D eigenvalue weighted by atomic mass is 9.92. The maximum absolute atomic E-state index is 13.2. The standard InChI is InChI=1S/C27H29NO5/c1-18-12-19(2)14-22(13-18)33-17-24-23-16-26(31-4)25(30-3)15-20(23)9-10-28(24)27(29)8-7-21-6-5-11-32-21/h5-8,11-16,24H,9-10,17H2,1-4H3. The van der Waals surface area contributed by atoms with Crippen molar-refractivity contribution in [2.45, 2.75) is 26.3 Å². The van der Waals surface area contributed by atoms with Crippen molar-refractivity contribution in [2.24, 2.45) is 0 Å². The molecule has 1 aromatic heterocycles. The highest BCUT2D eigenvalue weighted by molar-refractivity contribution is 5.92. The zero-order chi connectivity index (χ0) is 23.4. The molecule has 2 aromatic carbocycles. The van der Waals surface area contributed by atoms with Crippen molar-refractivity contribution >= 4 is 12.0 Å². The summed E-state index contributed by atoms with van der Waals surface area (Å²) < 4.78 is 22.6. The first-order valence-electron chi connectivity index (χ1n) is 11.0. The first kappa shape index (κ1) is 22.5. The first-order chi connectivity index (χ1) is 16.0. The van der Waals surface area contributed by atoms with Crippen molar-refractivity contribution in [3.8, 4) is 17.2 Å². The number of amides is 1. The van der Waals surface area contributed by atoms with Crippen LogP contribution in [0.25, 0.3) is 6.08 Å². The van der Waals surface area contributed by atoms with E-state index in [0.29, 0.717) is 30.4 Å².